The van der Waals surface area contributed by atoms with Gasteiger partial charge in [0.15, 0.2) is 6.10 Å². The zero-order chi connectivity index (χ0) is 15.0. The molecule has 1 aromatic rings. The maximum Gasteiger partial charge on any atom is 0.260 e. The molecule has 0 aliphatic heterocycles. The van der Waals surface area contributed by atoms with Gasteiger partial charge in [0.25, 0.3) is 5.91 Å². The van der Waals surface area contributed by atoms with Crippen LogP contribution in [-0.4, -0.2) is 25.1 Å². The van der Waals surface area contributed by atoms with E-state index in [0.29, 0.717) is 18.8 Å². The Morgan fingerprint density at radius 1 is 1.35 bits per heavy atom. The van der Waals surface area contributed by atoms with E-state index in [1.807, 2.05) is 6.92 Å². The Morgan fingerprint density at radius 2 is 2.10 bits per heavy atom. The molecule has 1 atom stereocenters. The van der Waals surface area contributed by atoms with E-state index in [1.54, 1.807) is 13.0 Å². The van der Waals surface area contributed by atoms with E-state index < -0.39 is 6.10 Å². The third kappa shape index (κ3) is 5.57. The summed E-state index contributed by atoms with van der Waals surface area (Å²) in [5.41, 5.74) is 0.802. The molecule has 0 aliphatic rings. The van der Waals surface area contributed by atoms with Crippen LogP contribution in [0.3, 0.4) is 0 Å². The van der Waals surface area contributed by atoms with Gasteiger partial charge in [-0.2, -0.15) is 0 Å². The fourth-order valence-electron chi connectivity index (χ4n) is 1.78. The highest BCUT2D eigenvalue weighted by Crippen LogP contribution is 2.18. The molecular formula is C15H23FN2O2. The Balaban J connectivity index is 2.67. The van der Waals surface area contributed by atoms with E-state index in [2.05, 4.69) is 17.6 Å². The normalized spacial score (nSPS) is 12.0. The molecule has 0 fully saturated rings. The van der Waals surface area contributed by atoms with Crippen molar-refractivity contribution in [3.8, 4) is 5.75 Å². The third-order valence-corrected chi connectivity index (χ3v) is 2.72. The van der Waals surface area contributed by atoms with Crippen LogP contribution in [0.2, 0.25) is 0 Å². The van der Waals surface area contributed by atoms with Crippen LogP contribution in [0, 0.1) is 5.82 Å². The van der Waals surface area contributed by atoms with E-state index in [9.17, 15) is 9.18 Å². The zero-order valence-corrected chi connectivity index (χ0v) is 12.3. The summed E-state index contributed by atoms with van der Waals surface area (Å²) in [5, 5.41) is 5.87. The molecule has 0 bridgehead atoms. The summed E-state index contributed by atoms with van der Waals surface area (Å²) in [4.78, 5) is 11.6. The Hall–Kier alpha value is -1.62. The van der Waals surface area contributed by atoms with Crippen LogP contribution >= 0.6 is 0 Å². The van der Waals surface area contributed by atoms with Crippen molar-refractivity contribution in [2.24, 2.45) is 0 Å². The summed E-state index contributed by atoms with van der Waals surface area (Å²) >= 11 is 0. The standard InChI is InChI=1S/C15H23FN2O2/c1-4-6-17-10-12-7-13(16)9-14(8-12)20-11(3)15(19)18-5-2/h7-9,11,17H,4-6,10H2,1-3H3,(H,18,19). The lowest BCUT2D eigenvalue weighted by molar-refractivity contribution is -0.127. The highest BCUT2D eigenvalue weighted by Gasteiger charge is 2.14. The molecule has 4 nitrogen and oxygen atoms in total. The van der Waals surface area contributed by atoms with Gasteiger partial charge in [-0.1, -0.05) is 6.92 Å². The summed E-state index contributed by atoms with van der Waals surface area (Å²) in [6.07, 6.45) is 0.376. The SMILES string of the molecule is CCCNCc1cc(F)cc(OC(C)C(=O)NCC)c1. The number of benzene rings is 1. The number of amides is 1. The largest absolute Gasteiger partial charge is 0.481 e. The lowest BCUT2D eigenvalue weighted by Crippen LogP contribution is -2.36. The summed E-state index contributed by atoms with van der Waals surface area (Å²) in [7, 11) is 0. The summed E-state index contributed by atoms with van der Waals surface area (Å²) in [6.45, 7) is 7.55. The van der Waals surface area contributed by atoms with Gasteiger partial charge in [-0.15, -0.1) is 0 Å². The van der Waals surface area contributed by atoms with Crippen molar-refractivity contribution in [2.45, 2.75) is 39.8 Å². The van der Waals surface area contributed by atoms with E-state index in [0.717, 1.165) is 18.5 Å². The molecule has 0 spiro atoms. The molecule has 1 unspecified atom stereocenters. The molecule has 1 aromatic carbocycles. The van der Waals surface area contributed by atoms with Crippen molar-refractivity contribution in [1.82, 2.24) is 10.6 Å². The van der Waals surface area contributed by atoms with E-state index in [-0.39, 0.29) is 11.7 Å². The molecule has 2 N–H and O–H groups in total. The Labute approximate surface area is 119 Å². The number of halogens is 1. The molecule has 1 amide bonds. The minimum Gasteiger partial charge on any atom is -0.481 e. The number of ether oxygens (including phenoxy) is 1. The van der Waals surface area contributed by atoms with Crippen molar-refractivity contribution in [2.75, 3.05) is 13.1 Å². The Kier molecular flexibility index (Phi) is 7.01. The first kappa shape index (κ1) is 16.4. The predicted molar refractivity (Wildman–Crippen MR) is 77.2 cm³/mol. The van der Waals surface area contributed by atoms with Crippen molar-refractivity contribution >= 4 is 5.91 Å². The number of hydrogen-bond acceptors (Lipinski definition) is 3. The molecule has 0 saturated carbocycles. The van der Waals surface area contributed by atoms with Gasteiger partial charge in [0.1, 0.15) is 11.6 Å². The van der Waals surface area contributed by atoms with Crippen LogP contribution in [0.4, 0.5) is 4.39 Å². The second-order valence-electron chi connectivity index (χ2n) is 4.63. The lowest BCUT2D eigenvalue weighted by Gasteiger charge is -2.15. The van der Waals surface area contributed by atoms with Gasteiger partial charge in [-0.3, -0.25) is 4.79 Å². The molecule has 5 heteroatoms. The average Bonchev–Trinajstić information content (AvgIpc) is 2.38. The van der Waals surface area contributed by atoms with Crippen LogP contribution in [-0.2, 0) is 11.3 Å². The van der Waals surface area contributed by atoms with Gasteiger partial charge in [-0.25, -0.2) is 4.39 Å². The predicted octanol–water partition coefficient (Wildman–Crippen LogP) is 2.23. The smallest absolute Gasteiger partial charge is 0.260 e. The molecule has 0 radical (unpaired) electrons. The number of hydrogen-bond donors (Lipinski definition) is 2. The van der Waals surface area contributed by atoms with Gasteiger partial charge in [0.05, 0.1) is 0 Å². The van der Waals surface area contributed by atoms with Crippen LogP contribution in [0.1, 0.15) is 32.8 Å². The second-order valence-corrected chi connectivity index (χ2v) is 4.63. The van der Waals surface area contributed by atoms with Gasteiger partial charge < -0.3 is 15.4 Å². The topological polar surface area (TPSA) is 50.4 Å². The van der Waals surface area contributed by atoms with E-state index in [1.165, 1.54) is 12.1 Å². The summed E-state index contributed by atoms with van der Waals surface area (Å²) in [5.74, 6) is -0.196. The number of nitrogens with one attached hydrogen (secondary N) is 2. The van der Waals surface area contributed by atoms with Gasteiger partial charge in [0.2, 0.25) is 0 Å². The van der Waals surface area contributed by atoms with Crippen molar-refractivity contribution in [3.05, 3.63) is 29.6 Å². The quantitative estimate of drug-likeness (QED) is 0.719. The Bertz CT molecular complexity index is 438. The molecule has 0 saturated heterocycles. The van der Waals surface area contributed by atoms with Crippen molar-refractivity contribution in [3.63, 3.8) is 0 Å². The molecule has 20 heavy (non-hydrogen) atoms. The van der Waals surface area contributed by atoms with Gasteiger partial charge in [0, 0.05) is 19.2 Å². The van der Waals surface area contributed by atoms with Crippen molar-refractivity contribution < 1.29 is 13.9 Å². The van der Waals surface area contributed by atoms with Gasteiger partial charge in [-0.05, 0) is 44.5 Å². The second kappa shape index (κ2) is 8.53. The lowest BCUT2D eigenvalue weighted by atomic mass is 10.2. The molecule has 1 rings (SSSR count). The van der Waals surface area contributed by atoms with E-state index in [4.69, 9.17) is 4.74 Å². The maximum atomic E-state index is 13.5. The average molecular weight is 282 g/mol. The van der Waals surface area contributed by atoms with Gasteiger partial charge >= 0.3 is 0 Å². The minimum atomic E-state index is -0.645. The number of likely N-dealkylation sites (N-methyl/N-ethyl adjacent to an activating group) is 1. The fourth-order valence-corrected chi connectivity index (χ4v) is 1.78. The highest BCUT2D eigenvalue weighted by molar-refractivity contribution is 5.80. The number of rotatable bonds is 8. The van der Waals surface area contributed by atoms with Crippen LogP contribution in [0.5, 0.6) is 5.75 Å². The minimum absolute atomic E-state index is 0.206. The molecule has 112 valence electrons. The Morgan fingerprint density at radius 3 is 2.75 bits per heavy atom. The van der Waals surface area contributed by atoms with Crippen LogP contribution in [0.15, 0.2) is 18.2 Å². The van der Waals surface area contributed by atoms with E-state index >= 15 is 0 Å². The molecular weight excluding hydrogens is 259 g/mol. The van der Waals surface area contributed by atoms with Crippen molar-refractivity contribution in [1.29, 1.82) is 0 Å². The van der Waals surface area contributed by atoms with Crippen LogP contribution < -0.4 is 15.4 Å². The first-order valence-corrected chi connectivity index (χ1v) is 7.01. The molecule has 0 heterocycles. The summed E-state index contributed by atoms with van der Waals surface area (Å²) in [6, 6.07) is 4.51. The number of carbonyl (C=O) groups is 1. The summed E-state index contributed by atoms with van der Waals surface area (Å²) < 4.78 is 19.0. The molecule has 0 aromatic heterocycles. The fraction of sp³-hybridized carbons (Fsp3) is 0.533. The molecule has 0 aliphatic carbocycles. The first-order valence-electron chi connectivity index (χ1n) is 7.01. The maximum absolute atomic E-state index is 13.5. The zero-order valence-electron chi connectivity index (χ0n) is 12.3. The first-order chi connectivity index (χ1) is 9.56. The monoisotopic (exact) mass is 282 g/mol. The third-order valence-electron chi connectivity index (χ3n) is 2.72. The number of carbonyl (C=O) groups excluding carboxylic acids is 1. The highest BCUT2D eigenvalue weighted by atomic mass is 19.1. The van der Waals surface area contributed by atoms with Crippen LogP contribution in [0.25, 0.3) is 0 Å².